The quantitative estimate of drug-likeness (QED) is 0.162. The summed E-state index contributed by atoms with van der Waals surface area (Å²) in [6, 6.07) is 67.4. The number of hydrogen-bond donors (Lipinski definition) is 0. The molecule has 5 heteroatoms. The summed E-state index contributed by atoms with van der Waals surface area (Å²) in [5.41, 5.74) is 18.2. The first-order chi connectivity index (χ1) is 32.4. The van der Waals surface area contributed by atoms with E-state index in [9.17, 15) is 0 Å². The Morgan fingerprint density at radius 3 is 1.47 bits per heavy atom. The van der Waals surface area contributed by atoms with E-state index in [1.807, 2.05) is 0 Å². The van der Waals surface area contributed by atoms with Gasteiger partial charge in [0.05, 0.1) is 22.7 Å². The fourth-order valence-corrected chi connectivity index (χ4v) is 12.0. The van der Waals surface area contributed by atoms with Crippen LogP contribution in [0, 0.1) is 20.8 Å². The average Bonchev–Trinajstić information content (AvgIpc) is 3.87. The molecule has 2 aliphatic rings. The molecule has 0 aliphatic carbocycles. The summed E-state index contributed by atoms with van der Waals surface area (Å²) >= 11 is 0. The Morgan fingerprint density at radius 1 is 0.348 bits per heavy atom. The van der Waals surface area contributed by atoms with Crippen molar-refractivity contribution in [3.05, 3.63) is 199 Å². The van der Waals surface area contributed by atoms with Gasteiger partial charge in [-0.2, -0.15) is 0 Å². The second-order valence-corrected chi connectivity index (χ2v) is 18.7. The van der Waals surface area contributed by atoms with Crippen molar-refractivity contribution in [2.45, 2.75) is 20.8 Å². The number of anilines is 6. The second-order valence-electron chi connectivity index (χ2n) is 18.7. The van der Waals surface area contributed by atoms with Crippen LogP contribution in [0.25, 0.3) is 87.0 Å². The van der Waals surface area contributed by atoms with E-state index in [1.54, 1.807) is 0 Å². The van der Waals surface area contributed by atoms with Crippen molar-refractivity contribution in [2.24, 2.45) is 0 Å². The van der Waals surface area contributed by atoms with E-state index in [0.29, 0.717) is 0 Å². The molecule has 0 saturated carbocycles. The zero-order valence-electron chi connectivity index (χ0n) is 36.6. The number of furan rings is 2. The van der Waals surface area contributed by atoms with E-state index in [4.69, 9.17) is 8.83 Å². The van der Waals surface area contributed by atoms with Crippen LogP contribution in [-0.4, -0.2) is 6.71 Å². The SMILES string of the molecule is Cc1cc(C)c(B2c3cc4oc5cc6ccccc6cc5c4cc3N3c4cc5ccccc5cc4N(c4ccc5oc6cc7ccccc7cc6c5c4)c4cc5ccccc5c2c43)c(C)c1. The fourth-order valence-electron chi connectivity index (χ4n) is 12.0. The van der Waals surface area contributed by atoms with Crippen LogP contribution in [-0.2, 0) is 0 Å². The Bertz CT molecular complexity index is 4290. The van der Waals surface area contributed by atoms with Gasteiger partial charge in [0.1, 0.15) is 22.3 Å². The molecule has 4 nitrogen and oxygen atoms in total. The number of aryl methyl sites for hydroxylation is 3. The molecule has 0 N–H and O–H groups in total. The Balaban J connectivity index is 1.09. The van der Waals surface area contributed by atoms with E-state index >= 15 is 0 Å². The number of nitrogens with zero attached hydrogens (tertiary/aromatic N) is 2. The van der Waals surface area contributed by atoms with Crippen LogP contribution in [0.15, 0.2) is 191 Å². The summed E-state index contributed by atoms with van der Waals surface area (Å²) in [4.78, 5) is 5.12. The molecule has 0 spiro atoms. The lowest BCUT2D eigenvalue weighted by Gasteiger charge is -2.46. The Kier molecular flexibility index (Phi) is 7.07. The number of rotatable bonds is 2. The molecule has 66 heavy (non-hydrogen) atoms. The fraction of sp³-hybridized carbons (Fsp3) is 0.0492. The topological polar surface area (TPSA) is 32.8 Å². The van der Waals surface area contributed by atoms with Crippen molar-refractivity contribution in [3.8, 4) is 0 Å². The maximum atomic E-state index is 6.92. The van der Waals surface area contributed by atoms with Gasteiger partial charge < -0.3 is 18.6 Å². The van der Waals surface area contributed by atoms with Gasteiger partial charge in [-0.25, -0.2) is 0 Å². The van der Waals surface area contributed by atoms with Gasteiger partial charge in [-0.15, -0.1) is 0 Å². The standard InChI is InChI=1S/C61H39BN2O2/c1-34-22-35(2)59(36(3)23-34)62-50-33-58-49(47-25-38-13-5-9-17-42(38)30-57(47)66-58)32-51(50)64-53-27-40-15-7-6-14-39(40)26-52(53)63(54-28-43-18-10-11-19-45(43)60(62)61(54)64)44-20-21-55-48(31-44)46-24-37-12-4-8-16-41(37)29-56(46)65-55/h4-33H,1-3H3. The van der Waals surface area contributed by atoms with Crippen LogP contribution in [0.1, 0.15) is 16.7 Å². The van der Waals surface area contributed by atoms with Crippen LogP contribution in [0.5, 0.6) is 0 Å². The minimum absolute atomic E-state index is 0.0918. The lowest BCUT2D eigenvalue weighted by atomic mass is 9.33. The van der Waals surface area contributed by atoms with Gasteiger partial charge >= 0.3 is 0 Å². The predicted octanol–water partition coefficient (Wildman–Crippen LogP) is 15.1. The summed E-state index contributed by atoms with van der Waals surface area (Å²) in [5.74, 6) is 0. The number of fused-ring (bicyclic) bond motifs is 15. The monoisotopic (exact) mass is 842 g/mol. The zero-order valence-corrected chi connectivity index (χ0v) is 36.6. The highest BCUT2D eigenvalue weighted by atomic mass is 16.3. The third-order valence-corrected chi connectivity index (χ3v) is 14.8. The molecule has 15 rings (SSSR count). The first-order valence-corrected chi connectivity index (χ1v) is 22.9. The van der Waals surface area contributed by atoms with Gasteiger partial charge in [-0.1, -0.05) is 131 Å². The summed E-state index contributed by atoms with van der Waals surface area (Å²) in [5, 5.41) is 14.0. The average molecular weight is 843 g/mol. The van der Waals surface area contributed by atoms with Crippen molar-refractivity contribution in [2.75, 3.05) is 9.80 Å². The molecule has 0 bridgehead atoms. The molecule has 0 saturated heterocycles. The number of benzene rings is 11. The lowest BCUT2D eigenvalue weighted by Crippen LogP contribution is -2.59. The molecule has 2 aliphatic heterocycles. The van der Waals surface area contributed by atoms with Gasteiger partial charge in [0.15, 0.2) is 0 Å². The first kappa shape index (κ1) is 36.1. The minimum Gasteiger partial charge on any atom is -0.456 e. The van der Waals surface area contributed by atoms with Crippen molar-refractivity contribution in [1.82, 2.24) is 0 Å². The van der Waals surface area contributed by atoms with Crippen LogP contribution in [0.3, 0.4) is 0 Å². The van der Waals surface area contributed by atoms with Gasteiger partial charge in [-0.05, 0) is 148 Å². The molecule has 0 unspecified atom stereocenters. The first-order valence-electron chi connectivity index (χ1n) is 22.9. The molecular weight excluding hydrogens is 803 g/mol. The van der Waals surface area contributed by atoms with Gasteiger partial charge in [0, 0.05) is 32.9 Å². The Labute approximate surface area is 380 Å². The molecule has 4 heterocycles. The summed E-state index contributed by atoms with van der Waals surface area (Å²) in [7, 11) is 0. The third-order valence-electron chi connectivity index (χ3n) is 14.8. The van der Waals surface area contributed by atoms with E-state index < -0.39 is 0 Å². The van der Waals surface area contributed by atoms with E-state index in [1.165, 1.54) is 87.5 Å². The van der Waals surface area contributed by atoms with Crippen LogP contribution in [0.2, 0.25) is 0 Å². The summed E-state index contributed by atoms with van der Waals surface area (Å²) in [6.45, 7) is 6.71. The van der Waals surface area contributed by atoms with Crippen molar-refractivity contribution < 1.29 is 8.83 Å². The van der Waals surface area contributed by atoms with Gasteiger partial charge in [0.2, 0.25) is 6.71 Å². The van der Waals surface area contributed by atoms with E-state index in [2.05, 4.69) is 213 Å². The van der Waals surface area contributed by atoms with Crippen molar-refractivity contribution in [3.63, 3.8) is 0 Å². The van der Waals surface area contributed by atoms with Crippen molar-refractivity contribution >= 4 is 144 Å². The predicted molar refractivity (Wildman–Crippen MR) is 279 cm³/mol. The van der Waals surface area contributed by atoms with Gasteiger partial charge in [0.25, 0.3) is 0 Å². The number of hydrogen-bond acceptors (Lipinski definition) is 4. The molecule has 0 fully saturated rings. The molecule has 13 aromatic rings. The summed E-state index contributed by atoms with van der Waals surface area (Å²) in [6.07, 6.45) is 0. The summed E-state index contributed by atoms with van der Waals surface area (Å²) < 4.78 is 13.5. The molecule has 0 amide bonds. The largest absolute Gasteiger partial charge is 0.456 e. The minimum atomic E-state index is -0.0918. The molecule has 308 valence electrons. The molecule has 2 aromatic heterocycles. The molecule has 0 radical (unpaired) electrons. The van der Waals surface area contributed by atoms with Crippen molar-refractivity contribution in [1.29, 1.82) is 0 Å². The zero-order chi connectivity index (χ0) is 43.5. The maximum Gasteiger partial charge on any atom is 0.248 e. The van der Waals surface area contributed by atoms with E-state index in [-0.39, 0.29) is 6.71 Å². The van der Waals surface area contributed by atoms with Crippen LogP contribution >= 0.6 is 0 Å². The molecule has 11 aromatic carbocycles. The molecular formula is C61H39BN2O2. The van der Waals surface area contributed by atoms with Crippen LogP contribution in [0.4, 0.5) is 34.1 Å². The smallest absolute Gasteiger partial charge is 0.248 e. The highest BCUT2D eigenvalue weighted by Gasteiger charge is 2.44. The normalized spacial score (nSPS) is 13.3. The van der Waals surface area contributed by atoms with E-state index in [0.717, 1.165) is 66.6 Å². The lowest BCUT2D eigenvalue weighted by molar-refractivity contribution is 0.669. The third kappa shape index (κ3) is 4.89. The maximum absolute atomic E-state index is 6.92. The van der Waals surface area contributed by atoms with Crippen LogP contribution < -0.4 is 26.2 Å². The Hall–Kier alpha value is -8.28. The highest BCUT2D eigenvalue weighted by molar-refractivity contribution is 7.00. The Morgan fingerprint density at radius 2 is 0.833 bits per heavy atom. The highest BCUT2D eigenvalue weighted by Crippen LogP contribution is 2.57. The molecule has 0 atom stereocenters. The second kappa shape index (κ2) is 12.9. The van der Waals surface area contributed by atoms with Gasteiger partial charge in [-0.3, -0.25) is 0 Å².